The summed E-state index contributed by atoms with van der Waals surface area (Å²) in [6, 6.07) is 1.46. The van der Waals surface area contributed by atoms with Gasteiger partial charge in [-0.25, -0.2) is 4.57 Å². The van der Waals surface area contributed by atoms with E-state index in [9.17, 15) is 10.1 Å². The lowest BCUT2D eigenvalue weighted by molar-refractivity contribution is -0.391. The van der Waals surface area contributed by atoms with Crippen molar-refractivity contribution in [1.82, 2.24) is 4.57 Å². The molecule has 0 unspecified atom stereocenters. The second-order valence-corrected chi connectivity index (χ2v) is 2.80. The van der Waals surface area contributed by atoms with Crippen molar-refractivity contribution in [1.29, 1.82) is 0 Å². The molecule has 0 aromatic carbocycles. The van der Waals surface area contributed by atoms with Gasteiger partial charge in [-0.3, -0.25) is 0 Å². The third kappa shape index (κ3) is 1.18. The molecule has 0 aliphatic rings. The molecule has 0 bridgehead atoms. The van der Waals surface area contributed by atoms with Gasteiger partial charge in [0.1, 0.15) is 6.20 Å². The molecule has 0 aliphatic heterocycles. The van der Waals surface area contributed by atoms with Crippen LogP contribution in [0.5, 0.6) is 0 Å². The van der Waals surface area contributed by atoms with Gasteiger partial charge in [0.05, 0.1) is 11.5 Å². The van der Waals surface area contributed by atoms with E-state index in [1.54, 1.807) is 13.2 Å². The minimum absolute atomic E-state index is 0.0897. The Morgan fingerprint density at radius 2 is 2.40 bits per heavy atom. The summed E-state index contributed by atoms with van der Waals surface area (Å²) in [6.45, 7) is 0. The van der Waals surface area contributed by atoms with E-state index in [-0.39, 0.29) is 5.82 Å². The molecule has 0 atom stereocenters. The van der Waals surface area contributed by atoms with Crippen molar-refractivity contribution in [3.8, 4) is 0 Å². The molecule has 0 N–H and O–H groups in total. The Labute approximate surface area is 65.7 Å². The Kier molecular flexibility index (Phi) is 1.76. The lowest BCUT2D eigenvalue weighted by Crippen LogP contribution is -1.94. The van der Waals surface area contributed by atoms with Crippen LogP contribution in [0.15, 0.2) is 16.7 Å². The largest absolute Gasteiger partial charge is 0.358 e. The molecule has 1 heterocycles. The van der Waals surface area contributed by atoms with Crippen LogP contribution < -0.4 is 0 Å². The maximum atomic E-state index is 10.2. The van der Waals surface area contributed by atoms with Crippen molar-refractivity contribution in [2.24, 2.45) is 7.05 Å². The first-order valence-corrected chi connectivity index (χ1v) is 3.37. The van der Waals surface area contributed by atoms with E-state index < -0.39 is 4.92 Å². The monoisotopic (exact) mass is 204 g/mol. The molecule has 5 heteroatoms. The Morgan fingerprint density at radius 1 is 1.80 bits per heavy atom. The van der Waals surface area contributed by atoms with E-state index in [1.165, 1.54) is 10.6 Å². The fourth-order valence-corrected chi connectivity index (χ4v) is 1.21. The van der Waals surface area contributed by atoms with Gasteiger partial charge in [-0.1, -0.05) is 0 Å². The number of aromatic nitrogens is 1. The van der Waals surface area contributed by atoms with Crippen LogP contribution >= 0.6 is 15.9 Å². The van der Waals surface area contributed by atoms with Crippen molar-refractivity contribution in [3.05, 3.63) is 26.9 Å². The van der Waals surface area contributed by atoms with E-state index in [2.05, 4.69) is 15.9 Å². The van der Waals surface area contributed by atoms with Gasteiger partial charge in [0, 0.05) is 6.07 Å². The molecule has 0 saturated heterocycles. The van der Waals surface area contributed by atoms with Crippen LogP contribution in [0.25, 0.3) is 0 Å². The first-order valence-electron chi connectivity index (χ1n) is 2.57. The fourth-order valence-electron chi connectivity index (χ4n) is 0.695. The summed E-state index contributed by atoms with van der Waals surface area (Å²) in [5.41, 5.74) is 0. The normalized spacial score (nSPS) is 9.80. The number of rotatable bonds is 1. The van der Waals surface area contributed by atoms with Crippen molar-refractivity contribution < 1.29 is 4.92 Å². The van der Waals surface area contributed by atoms with Gasteiger partial charge >= 0.3 is 5.82 Å². The van der Waals surface area contributed by atoms with E-state index in [4.69, 9.17) is 0 Å². The number of aryl methyl sites for hydroxylation is 1. The zero-order valence-electron chi connectivity index (χ0n) is 5.24. The molecule has 0 fully saturated rings. The molecule has 0 amide bonds. The Hall–Kier alpha value is -0.840. The summed E-state index contributed by atoms with van der Waals surface area (Å²) in [7, 11) is 1.63. The molecule has 0 aliphatic carbocycles. The van der Waals surface area contributed by atoms with E-state index in [0.717, 1.165) is 4.47 Å². The van der Waals surface area contributed by atoms with Crippen molar-refractivity contribution in [2.75, 3.05) is 0 Å². The van der Waals surface area contributed by atoms with E-state index >= 15 is 0 Å². The number of nitro groups is 1. The highest BCUT2D eigenvalue weighted by molar-refractivity contribution is 9.10. The molecule has 0 radical (unpaired) electrons. The summed E-state index contributed by atoms with van der Waals surface area (Å²) in [4.78, 5) is 9.77. The molecular formula is C5H5BrN2O2. The summed E-state index contributed by atoms with van der Waals surface area (Å²) in [5.74, 6) is 0.0897. The number of nitrogens with zero attached hydrogens (tertiary/aromatic N) is 2. The number of halogens is 1. The van der Waals surface area contributed by atoms with Crippen LogP contribution in [0.2, 0.25) is 0 Å². The van der Waals surface area contributed by atoms with Gasteiger partial charge in [-0.05, 0) is 20.9 Å². The minimum atomic E-state index is -0.426. The smallest absolute Gasteiger partial charge is 0.323 e. The van der Waals surface area contributed by atoms with Crippen LogP contribution in [0, 0.1) is 10.1 Å². The lowest BCUT2D eigenvalue weighted by atomic mass is 10.6. The Balaban J connectivity index is 3.15. The fraction of sp³-hybridized carbons (Fsp3) is 0.200. The van der Waals surface area contributed by atoms with Gasteiger partial charge < -0.3 is 10.1 Å². The summed E-state index contributed by atoms with van der Waals surface area (Å²) >= 11 is 3.13. The molecule has 4 nitrogen and oxygen atoms in total. The predicted molar refractivity (Wildman–Crippen MR) is 39.8 cm³/mol. The zero-order chi connectivity index (χ0) is 7.72. The zero-order valence-corrected chi connectivity index (χ0v) is 6.83. The first kappa shape index (κ1) is 7.27. The Bertz CT molecular complexity index is 269. The third-order valence-corrected chi connectivity index (χ3v) is 1.57. The van der Waals surface area contributed by atoms with Crippen molar-refractivity contribution in [3.63, 3.8) is 0 Å². The van der Waals surface area contributed by atoms with Crippen LogP contribution in [0.3, 0.4) is 0 Å². The Morgan fingerprint density at radius 3 is 2.60 bits per heavy atom. The molecule has 10 heavy (non-hydrogen) atoms. The third-order valence-electron chi connectivity index (χ3n) is 1.13. The lowest BCUT2D eigenvalue weighted by Gasteiger charge is -1.91. The number of hydrogen-bond donors (Lipinski definition) is 0. The second-order valence-electron chi connectivity index (χ2n) is 1.88. The first-order chi connectivity index (χ1) is 4.61. The van der Waals surface area contributed by atoms with Gasteiger partial charge in [0.15, 0.2) is 0 Å². The topological polar surface area (TPSA) is 48.1 Å². The van der Waals surface area contributed by atoms with Crippen LogP contribution in [0.4, 0.5) is 5.82 Å². The average molecular weight is 205 g/mol. The van der Waals surface area contributed by atoms with Gasteiger partial charge in [0.25, 0.3) is 0 Å². The van der Waals surface area contributed by atoms with Crippen molar-refractivity contribution >= 4 is 21.7 Å². The van der Waals surface area contributed by atoms with E-state index in [1.807, 2.05) is 0 Å². The predicted octanol–water partition coefficient (Wildman–Crippen LogP) is 1.70. The molecule has 54 valence electrons. The van der Waals surface area contributed by atoms with Crippen LogP contribution in [-0.4, -0.2) is 9.49 Å². The maximum Gasteiger partial charge on any atom is 0.323 e. The average Bonchev–Trinajstić information content (AvgIpc) is 2.10. The molecule has 1 aromatic heterocycles. The standard InChI is InChI=1S/C5H5BrN2O2/c1-7-3-4(6)2-5(7)8(9)10/h2-3H,1H3. The van der Waals surface area contributed by atoms with Crippen molar-refractivity contribution in [2.45, 2.75) is 0 Å². The molecule has 0 saturated carbocycles. The SMILES string of the molecule is Cn1cc(Br)cc1[N+](=O)[O-]. The summed E-state index contributed by atoms with van der Waals surface area (Å²) in [5, 5.41) is 10.2. The highest BCUT2D eigenvalue weighted by Crippen LogP contribution is 2.19. The highest BCUT2D eigenvalue weighted by Gasteiger charge is 2.09. The van der Waals surface area contributed by atoms with Gasteiger partial charge in [-0.2, -0.15) is 0 Å². The number of hydrogen-bond acceptors (Lipinski definition) is 2. The molecule has 0 spiro atoms. The second kappa shape index (κ2) is 2.42. The minimum Gasteiger partial charge on any atom is -0.358 e. The van der Waals surface area contributed by atoms with Crippen LogP contribution in [-0.2, 0) is 7.05 Å². The van der Waals surface area contributed by atoms with Gasteiger partial charge in [0.2, 0.25) is 0 Å². The quantitative estimate of drug-likeness (QED) is 0.517. The highest BCUT2D eigenvalue weighted by atomic mass is 79.9. The molecular weight excluding hydrogens is 200 g/mol. The summed E-state index contributed by atoms with van der Waals surface area (Å²) < 4.78 is 2.17. The molecule has 1 aromatic rings. The van der Waals surface area contributed by atoms with Gasteiger partial charge in [-0.15, -0.1) is 0 Å². The summed E-state index contributed by atoms with van der Waals surface area (Å²) in [6.07, 6.45) is 1.64. The molecule has 1 rings (SSSR count). The van der Waals surface area contributed by atoms with E-state index in [0.29, 0.717) is 0 Å². The van der Waals surface area contributed by atoms with Crippen LogP contribution in [0.1, 0.15) is 0 Å². The maximum absolute atomic E-state index is 10.2.